The molecule has 42 heavy (non-hydrogen) atoms. The summed E-state index contributed by atoms with van der Waals surface area (Å²) in [5, 5.41) is 0. The van der Waals surface area contributed by atoms with Crippen LogP contribution in [0.1, 0.15) is 49.3 Å². The Kier molecular flexibility index (Phi) is 10.7. The first kappa shape index (κ1) is 32.2. The Hall–Kier alpha value is -4.35. The van der Waals surface area contributed by atoms with Gasteiger partial charge < -0.3 is 24.1 Å². The van der Waals surface area contributed by atoms with Gasteiger partial charge in [-0.1, -0.05) is 26.0 Å². The smallest absolute Gasteiger partial charge is 0.409 e. The van der Waals surface area contributed by atoms with Gasteiger partial charge in [-0.2, -0.15) is 0 Å². The fraction of sp³-hybridized carbons (Fsp3) is 0.467. The minimum atomic E-state index is -1.11. The van der Waals surface area contributed by atoms with Crippen LogP contribution in [0.3, 0.4) is 0 Å². The number of carbonyl (C=O) groups is 3. The SMILES string of the molecule is Cc1ccc(CC(=O)[C@H](CC/C=C/C(=O)N(C)C)OC(=O)N(C)C)c(=O)n1Cc1nc2ncc(F)c(CC(C)C)c2[nH]1. The minimum Gasteiger partial charge on any atom is -0.438 e. The van der Waals surface area contributed by atoms with E-state index in [2.05, 4.69) is 15.0 Å². The molecule has 1 N–H and O–H groups in total. The zero-order valence-electron chi connectivity index (χ0n) is 25.2. The zero-order valence-corrected chi connectivity index (χ0v) is 25.2. The largest absolute Gasteiger partial charge is 0.438 e. The van der Waals surface area contributed by atoms with Crippen molar-refractivity contribution in [2.24, 2.45) is 5.92 Å². The van der Waals surface area contributed by atoms with E-state index in [1.807, 2.05) is 13.8 Å². The highest BCUT2D eigenvalue weighted by Crippen LogP contribution is 2.21. The van der Waals surface area contributed by atoms with Gasteiger partial charge in [-0.15, -0.1) is 0 Å². The number of hydrogen-bond donors (Lipinski definition) is 1. The van der Waals surface area contributed by atoms with Crippen molar-refractivity contribution < 1.29 is 23.5 Å². The number of carbonyl (C=O) groups excluding carboxylic acids is 3. The van der Waals surface area contributed by atoms with Gasteiger partial charge in [0, 0.05) is 51.4 Å². The molecule has 0 saturated carbocycles. The number of aromatic nitrogens is 4. The maximum Gasteiger partial charge on any atom is 0.409 e. The molecule has 226 valence electrons. The third-order valence-electron chi connectivity index (χ3n) is 6.64. The number of nitrogens with one attached hydrogen (secondary N) is 1. The maximum atomic E-state index is 14.5. The van der Waals surface area contributed by atoms with Crippen LogP contribution in [0.25, 0.3) is 11.2 Å². The molecule has 3 heterocycles. The van der Waals surface area contributed by atoms with Crippen molar-refractivity contribution >= 4 is 28.9 Å². The van der Waals surface area contributed by atoms with Crippen molar-refractivity contribution in [3.8, 4) is 0 Å². The topological polar surface area (TPSA) is 130 Å². The Morgan fingerprint density at radius 1 is 1.14 bits per heavy atom. The molecule has 0 radical (unpaired) electrons. The number of ketones is 1. The van der Waals surface area contributed by atoms with Gasteiger partial charge in [-0.25, -0.2) is 19.2 Å². The van der Waals surface area contributed by atoms with Crippen molar-refractivity contribution in [1.82, 2.24) is 29.3 Å². The summed E-state index contributed by atoms with van der Waals surface area (Å²) in [4.78, 5) is 65.2. The van der Waals surface area contributed by atoms with Gasteiger partial charge in [-0.3, -0.25) is 14.4 Å². The number of rotatable bonds is 12. The molecule has 0 bridgehead atoms. The lowest BCUT2D eigenvalue weighted by Gasteiger charge is -2.19. The summed E-state index contributed by atoms with van der Waals surface area (Å²) in [5.41, 5.74) is 1.85. The van der Waals surface area contributed by atoms with E-state index in [1.54, 1.807) is 39.2 Å². The van der Waals surface area contributed by atoms with E-state index >= 15 is 0 Å². The van der Waals surface area contributed by atoms with Gasteiger partial charge in [0.25, 0.3) is 5.56 Å². The first-order valence-corrected chi connectivity index (χ1v) is 13.8. The standard InChI is InChI=1S/C30H39FN6O5/c1-18(2)14-21-22(31)16-32-28-27(21)33-25(34-28)17-37-19(3)12-13-20(29(37)40)15-23(38)24(42-30(41)36(6)7)10-8-9-11-26(39)35(4)5/h9,11-13,16,18,24H,8,10,14-15,17H2,1-7H3,(H,32,33,34)/b11-9+/t24-/m0/s1. The molecule has 0 saturated heterocycles. The number of H-pyrrole nitrogens is 1. The molecule has 3 aromatic rings. The Labute approximate surface area is 244 Å². The van der Waals surface area contributed by atoms with Crippen LogP contribution in [0.15, 0.2) is 35.3 Å². The third-order valence-corrected chi connectivity index (χ3v) is 6.64. The van der Waals surface area contributed by atoms with Crippen LogP contribution in [0.2, 0.25) is 0 Å². The molecule has 0 aliphatic carbocycles. The molecule has 0 aromatic carbocycles. The fourth-order valence-corrected chi connectivity index (χ4v) is 4.31. The maximum absolute atomic E-state index is 14.5. The summed E-state index contributed by atoms with van der Waals surface area (Å²) in [6, 6.07) is 3.31. The number of aryl methyl sites for hydroxylation is 1. The fourth-order valence-electron chi connectivity index (χ4n) is 4.31. The zero-order chi connectivity index (χ0) is 31.1. The van der Waals surface area contributed by atoms with E-state index in [1.165, 1.54) is 34.5 Å². The molecule has 0 unspecified atom stereocenters. The van der Waals surface area contributed by atoms with E-state index in [-0.39, 0.29) is 42.3 Å². The Balaban J connectivity index is 1.84. The van der Waals surface area contributed by atoms with Crippen LogP contribution in [0.5, 0.6) is 0 Å². The van der Waals surface area contributed by atoms with Crippen LogP contribution in [-0.2, 0) is 33.7 Å². The first-order valence-electron chi connectivity index (χ1n) is 13.8. The van der Waals surface area contributed by atoms with E-state index in [0.29, 0.717) is 41.1 Å². The molecular weight excluding hydrogens is 543 g/mol. The molecule has 1 atom stereocenters. The van der Waals surface area contributed by atoms with E-state index < -0.39 is 23.8 Å². The highest BCUT2D eigenvalue weighted by atomic mass is 19.1. The lowest BCUT2D eigenvalue weighted by Crippen LogP contribution is -2.35. The second-order valence-corrected chi connectivity index (χ2v) is 11.1. The summed E-state index contributed by atoms with van der Waals surface area (Å²) in [5.74, 6) is -0.409. The van der Waals surface area contributed by atoms with Crippen LogP contribution in [0.4, 0.5) is 9.18 Å². The Bertz CT molecular complexity index is 1540. The number of pyridine rings is 2. The summed E-state index contributed by atoms with van der Waals surface area (Å²) in [7, 11) is 6.26. The van der Waals surface area contributed by atoms with E-state index in [9.17, 15) is 23.6 Å². The number of fused-ring (bicyclic) bond motifs is 1. The molecule has 0 fully saturated rings. The lowest BCUT2D eigenvalue weighted by molar-refractivity contribution is -0.127. The number of nitrogens with zero attached hydrogens (tertiary/aromatic N) is 5. The van der Waals surface area contributed by atoms with Crippen LogP contribution >= 0.6 is 0 Å². The molecule has 3 aromatic heterocycles. The van der Waals surface area contributed by atoms with Crippen LogP contribution < -0.4 is 5.56 Å². The van der Waals surface area contributed by atoms with Crippen molar-refractivity contribution in [2.45, 2.75) is 59.1 Å². The van der Waals surface area contributed by atoms with Crippen molar-refractivity contribution in [3.05, 3.63) is 69.3 Å². The normalized spacial score (nSPS) is 12.2. The molecule has 3 rings (SSSR count). The molecule has 11 nitrogen and oxygen atoms in total. The Morgan fingerprint density at radius 3 is 2.50 bits per heavy atom. The van der Waals surface area contributed by atoms with Crippen LogP contribution in [-0.4, -0.2) is 81.4 Å². The molecule has 0 aliphatic rings. The number of allylic oxidation sites excluding steroid dienone is 1. The van der Waals surface area contributed by atoms with Gasteiger partial charge in [0.1, 0.15) is 11.6 Å². The summed E-state index contributed by atoms with van der Waals surface area (Å²) in [6.07, 6.45) is 3.09. The number of hydrogen-bond acceptors (Lipinski definition) is 7. The molecule has 0 aliphatic heterocycles. The van der Waals surface area contributed by atoms with Crippen molar-refractivity contribution in [2.75, 3.05) is 28.2 Å². The summed E-state index contributed by atoms with van der Waals surface area (Å²) in [6.45, 7) is 5.82. The molecule has 12 heteroatoms. The van der Waals surface area contributed by atoms with Gasteiger partial charge >= 0.3 is 6.09 Å². The molecule has 0 spiro atoms. The number of halogens is 1. The molecule has 2 amide bonds. The Morgan fingerprint density at radius 2 is 1.86 bits per heavy atom. The minimum absolute atomic E-state index is 0.0650. The number of ether oxygens (including phenoxy) is 1. The summed E-state index contributed by atoms with van der Waals surface area (Å²) >= 11 is 0. The predicted molar refractivity (Wildman–Crippen MR) is 157 cm³/mol. The van der Waals surface area contributed by atoms with Crippen molar-refractivity contribution in [3.63, 3.8) is 0 Å². The predicted octanol–water partition coefficient (Wildman–Crippen LogP) is 3.42. The van der Waals surface area contributed by atoms with Gasteiger partial charge in [0.2, 0.25) is 5.91 Å². The quantitative estimate of drug-likeness (QED) is 0.324. The highest BCUT2D eigenvalue weighted by Gasteiger charge is 2.25. The third kappa shape index (κ3) is 8.11. The average Bonchev–Trinajstić information content (AvgIpc) is 3.34. The second kappa shape index (κ2) is 14.0. The first-order chi connectivity index (χ1) is 19.8. The second-order valence-electron chi connectivity index (χ2n) is 11.1. The van der Waals surface area contributed by atoms with Gasteiger partial charge in [0.05, 0.1) is 18.3 Å². The number of likely N-dealkylation sites (N-methyl/N-ethyl adjacent to an activating group) is 1. The number of amides is 2. The number of imidazole rings is 1. The van der Waals surface area contributed by atoms with Gasteiger partial charge in [0.15, 0.2) is 17.5 Å². The molecular formula is C30H39FN6O5. The van der Waals surface area contributed by atoms with Crippen LogP contribution in [0, 0.1) is 18.7 Å². The highest BCUT2D eigenvalue weighted by molar-refractivity contribution is 5.88. The summed E-state index contributed by atoms with van der Waals surface area (Å²) < 4.78 is 21.4. The van der Waals surface area contributed by atoms with Crippen molar-refractivity contribution in [1.29, 1.82) is 0 Å². The monoisotopic (exact) mass is 582 g/mol. The number of aromatic amines is 1. The van der Waals surface area contributed by atoms with E-state index in [4.69, 9.17) is 4.74 Å². The average molecular weight is 583 g/mol. The van der Waals surface area contributed by atoms with E-state index in [0.717, 1.165) is 6.20 Å². The van der Waals surface area contributed by atoms with Gasteiger partial charge in [-0.05, 0) is 44.2 Å². The number of Topliss-reactive ketones (excluding diaryl/α,β-unsaturated/α-hetero) is 1. The lowest BCUT2D eigenvalue weighted by atomic mass is 10.0.